The normalized spacial score (nSPS) is 12.4. The van der Waals surface area contributed by atoms with E-state index in [-0.39, 0.29) is 0 Å². The molecule has 1 heterocycles. The Balaban J connectivity index is 2.16. The highest BCUT2D eigenvalue weighted by Crippen LogP contribution is 2.29. The molecule has 0 aliphatic carbocycles. The molecular formula is C16H21NOS. The SMILES string of the molecule is CNC(Cc1ccc(C)c(C)c1)c1cc(OC)cs1. The van der Waals surface area contributed by atoms with Crippen LogP contribution in [0.1, 0.15) is 27.6 Å². The van der Waals surface area contributed by atoms with Gasteiger partial charge >= 0.3 is 0 Å². The lowest BCUT2D eigenvalue weighted by atomic mass is 10.0. The van der Waals surface area contributed by atoms with Crippen molar-refractivity contribution in [2.24, 2.45) is 0 Å². The fraction of sp³-hybridized carbons (Fsp3) is 0.375. The van der Waals surface area contributed by atoms with Gasteiger partial charge < -0.3 is 10.1 Å². The van der Waals surface area contributed by atoms with Crippen molar-refractivity contribution >= 4 is 11.3 Å². The van der Waals surface area contributed by atoms with Crippen molar-refractivity contribution in [3.05, 3.63) is 51.2 Å². The molecule has 2 nitrogen and oxygen atoms in total. The molecule has 1 atom stereocenters. The Hall–Kier alpha value is -1.32. The van der Waals surface area contributed by atoms with E-state index in [0.29, 0.717) is 6.04 Å². The molecular weight excluding hydrogens is 254 g/mol. The van der Waals surface area contributed by atoms with Gasteiger partial charge in [0.15, 0.2) is 0 Å². The van der Waals surface area contributed by atoms with Gasteiger partial charge in [-0.2, -0.15) is 0 Å². The Morgan fingerprint density at radius 1 is 1.21 bits per heavy atom. The monoisotopic (exact) mass is 275 g/mol. The van der Waals surface area contributed by atoms with Crippen LogP contribution >= 0.6 is 11.3 Å². The number of rotatable bonds is 5. The molecule has 1 N–H and O–H groups in total. The molecule has 0 saturated heterocycles. The maximum atomic E-state index is 5.26. The Kier molecular flexibility index (Phi) is 4.61. The summed E-state index contributed by atoms with van der Waals surface area (Å²) in [5.74, 6) is 0.945. The molecule has 0 aliphatic rings. The van der Waals surface area contributed by atoms with Crippen LogP contribution in [-0.2, 0) is 6.42 Å². The molecule has 0 amide bonds. The largest absolute Gasteiger partial charge is 0.496 e. The average Bonchev–Trinajstić information content (AvgIpc) is 2.88. The van der Waals surface area contributed by atoms with Crippen LogP contribution in [-0.4, -0.2) is 14.2 Å². The van der Waals surface area contributed by atoms with Crippen LogP contribution in [0.5, 0.6) is 5.75 Å². The second-order valence-electron chi connectivity index (χ2n) is 4.85. The van der Waals surface area contributed by atoms with Crippen molar-refractivity contribution < 1.29 is 4.74 Å². The molecule has 3 heteroatoms. The van der Waals surface area contributed by atoms with Gasteiger partial charge in [0.25, 0.3) is 0 Å². The van der Waals surface area contributed by atoms with Crippen LogP contribution in [0, 0.1) is 13.8 Å². The van der Waals surface area contributed by atoms with E-state index in [2.05, 4.69) is 48.8 Å². The van der Waals surface area contributed by atoms with Crippen LogP contribution in [0.4, 0.5) is 0 Å². The van der Waals surface area contributed by atoms with Crippen LogP contribution in [0.3, 0.4) is 0 Å². The topological polar surface area (TPSA) is 21.3 Å². The molecule has 1 aromatic heterocycles. The van der Waals surface area contributed by atoms with E-state index < -0.39 is 0 Å². The third-order valence-corrected chi connectivity index (χ3v) is 4.56. The van der Waals surface area contributed by atoms with E-state index in [9.17, 15) is 0 Å². The van der Waals surface area contributed by atoms with Crippen LogP contribution < -0.4 is 10.1 Å². The first-order chi connectivity index (χ1) is 9.13. The maximum Gasteiger partial charge on any atom is 0.129 e. The van der Waals surface area contributed by atoms with Crippen molar-refractivity contribution in [1.29, 1.82) is 0 Å². The lowest BCUT2D eigenvalue weighted by molar-refractivity contribution is 0.416. The summed E-state index contributed by atoms with van der Waals surface area (Å²) in [7, 11) is 3.72. The number of ether oxygens (including phenoxy) is 1. The number of hydrogen-bond donors (Lipinski definition) is 1. The first kappa shape index (κ1) is 14.1. The average molecular weight is 275 g/mol. The number of methoxy groups -OCH3 is 1. The quantitative estimate of drug-likeness (QED) is 0.894. The first-order valence-electron chi connectivity index (χ1n) is 6.50. The van der Waals surface area contributed by atoms with E-state index in [1.54, 1.807) is 18.4 Å². The number of thiophene rings is 1. The molecule has 0 radical (unpaired) electrons. The molecule has 0 aliphatic heterocycles. The lowest BCUT2D eigenvalue weighted by Crippen LogP contribution is -2.17. The van der Waals surface area contributed by atoms with Crippen LogP contribution in [0.15, 0.2) is 29.6 Å². The van der Waals surface area contributed by atoms with Gasteiger partial charge in [-0.1, -0.05) is 18.2 Å². The minimum Gasteiger partial charge on any atom is -0.496 e. The highest BCUT2D eigenvalue weighted by Gasteiger charge is 2.13. The summed E-state index contributed by atoms with van der Waals surface area (Å²) < 4.78 is 5.26. The van der Waals surface area contributed by atoms with Gasteiger partial charge in [0.05, 0.1) is 7.11 Å². The van der Waals surface area contributed by atoms with E-state index in [1.807, 2.05) is 7.05 Å². The van der Waals surface area contributed by atoms with Gasteiger partial charge in [-0.05, 0) is 50.1 Å². The zero-order chi connectivity index (χ0) is 13.8. The zero-order valence-corrected chi connectivity index (χ0v) is 12.8. The Morgan fingerprint density at radius 2 is 2.00 bits per heavy atom. The minimum absolute atomic E-state index is 0.344. The maximum absolute atomic E-state index is 5.26. The number of nitrogens with one attached hydrogen (secondary N) is 1. The molecule has 1 unspecified atom stereocenters. The molecule has 19 heavy (non-hydrogen) atoms. The molecule has 0 fully saturated rings. The summed E-state index contributed by atoms with van der Waals surface area (Å²) in [4.78, 5) is 1.32. The van der Waals surface area contributed by atoms with Crippen molar-refractivity contribution in [3.63, 3.8) is 0 Å². The van der Waals surface area contributed by atoms with Gasteiger partial charge in [-0.15, -0.1) is 11.3 Å². The number of hydrogen-bond acceptors (Lipinski definition) is 3. The molecule has 2 rings (SSSR count). The molecule has 2 aromatic rings. The predicted molar refractivity (Wildman–Crippen MR) is 82.3 cm³/mol. The van der Waals surface area contributed by atoms with Crippen LogP contribution in [0.25, 0.3) is 0 Å². The summed E-state index contributed by atoms with van der Waals surface area (Å²) in [5, 5.41) is 5.45. The van der Waals surface area contributed by atoms with E-state index >= 15 is 0 Å². The summed E-state index contributed by atoms with van der Waals surface area (Å²) >= 11 is 1.75. The van der Waals surface area contributed by atoms with Crippen molar-refractivity contribution in [2.75, 3.05) is 14.2 Å². The fourth-order valence-electron chi connectivity index (χ4n) is 2.14. The van der Waals surface area contributed by atoms with Crippen molar-refractivity contribution in [3.8, 4) is 5.75 Å². The smallest absolute Gasteiger partial charge is 0.129 e. The fourth-order valence-corrected chi connectivity index (χ4v) is 3.10. The molecule has 102 valence electrons. The predicted octanol–water partition coefficient (Wildman–Crippen LogP) is 3.88. The van der Waals surface area contributed by atoms with E-state index in [0.717, 1.165) is 12.2 Å². The van der Waals surface area contributed by atoms with E-state index in [4.69, 9.17) is 4.74 Å². The second-order valence-corrected chi connectivity index (χ2v) is 5.80. The third kappa shape index (κ3) is 3.37. The lowest BCUT2D eigenvalue weighted by Gasteiger charge is -2.15. The van der Waals surface area contributed by atoms with Gasteiger partial charge in [-0.3, -0.25) is 0 Å². The number of likely N-dealkylation sites (N-methyl/N-ethyl adjacent to an activating group) is 1. The Bertz CT molecular complexity index is 547. The molecule has 0 saturated carbocycles. The van der Waals surface area contributed by atoms with Gasteiger partial charge in [0.1, 0.15) is 5.75 Å². The summed E-state index contributed by atoms with van der Waals surface area (Å²) in [6.45, 7) is 4.32. The minimum atomic E-state index is 0.344. The Morgan fingerprint density at radius 3 is 2.58 bits per heavy atom. The number of aryl methyl sites for hydroxylation is 2. The van der Waals surface area contributed by atoms with Gasteiger partial charge in [0.2, 0.25) is 0 Å². The highest BCUT2D eigenvalue weighted by atomic mass is 32.1. The van der Waals surface area contributed by atoms with Crippen LogP contribution in [0.2, 0.25) is 0 Å². The third-order valence-electron chi connectivity index (χ3n) is 3.53. The molecule has 0 spiro atoms. The van der Waals surface area contributed by atoms with Crippen molar-refractivity contribution in [1.82, 2.24) is 5.32 Å². The summed E-state index contributed by atoms with van der Waals surface area (Å²) in [5.41, 5.74) is 4.08. The summed E-state index contributed by atoms with van der Waals surface area (Å²) in [6, 6.07) is 9.16. The van der Waals surface area contributed by atoms with E-state index in [1.165, 1.54) is 21.6 Å². The Labute approximate surface area is 119 Å². The number of benzene rings is 1. The molecule has 0 bridgehead atoms. The van der Waals surface area contributed by atoms with Gasteiger partial charge in [0, 0.05) is 16.3 Å². The second kappa shape index (κ2) is 6.22. The first-order valence-corrected chi connectivity index (χ1v) is 7.38. The zero-order valence-electron chi connectivity index (χ0n) is 12.0. The van der Waals surface area contributed by atoms with Crippen molar-refractivity contribution in [2.45, 2.75) is 26.3 Å². The van der Waals surface area contributed by atoms with Gasteiger partial charge in [-0.25, -0.2) is 0 Å². The molecule has 1 aromatic carbocycles. The standard InChI is InChI=1S/C16H21NOS/c1-11-5-6-13(7-12(11)2)8-15(17-3)16-9-14(18-4)10-19-16/h5-7,9-10,15,17H,8H2,1-4H3. The summed E-state index contributed by atoms with van der Waals surface area (Å²) in [6.07, 6.45) is 1.00. The highest BCUT2D eigenvalue weighted by molar-refractivity contribution is 7.10.